The Morgan fingerprint density at radius 2 is 2.10 bits per heavy atom. The lowest BCUT2D eigenvalue weighted by molar-refractivity contribution is 0.0695. The van der Waals surface area contributed by atoms with Gasteiger partial charge in [0.05, 0.1) is 11.3 Å². The van der Waals surface area contributed by atoms with Gasteiger partial charge in [-0.05, 0) is 18.9 Å². The van der Waals surface area contributed by atoms with Crippen LogP contribution in [0, 0.1) is 6.92 Å². The van der Waals surface area contributed by atoms with Gasteiger partial charge < -0.3 is 10.4 Å². The first-order valence-corrected chi connectivity index (χ1v) is 6.53. The molecule has 5 heteroatoms. The van der Waals surface area contributed by atoms with Crippen LogP contribution in [-0.2, 0) is 0 Å². The number of aryl methyl sites for hydroxylation is 1. The highest BCUT2D eigenvalue weighted by molar-refractivity contribution is 5.88. The molecule has 2 N–H and O–H groups in total. The Labute approximate surface area is 116 Å². The molecule has 3 rings (SSSR count). The molecule has 1 saturated carbocycles. The minimum Gasteiger partial charge on any atom is -0.478 e. The lowest BCUT2D eigenvalue weighted by Gasteiger charge is -2.06. The maximum atomic E-state index is 10.9. The molecular weight excluding hydrogens is 254 g/mol. The first kappa shape index (κ1) is 12.6. The number of benzene rings is 1. The average Bonchev–Trinajstić information content (AvgIpc) is 3.18. The third kappa shape index (κ3) is 2.47. The topological polar surface area (TPSA) is 75.1 Å². The molecule has 1 aromatic heterocycles. The molecule has 1 fully saturated rings. The largest absolute Gasteiger partial charge is 0.478 e. The van der Waals surface area contributed by atoms with Crippen molar-refractivity contribution >= 4 is 11.9 Å². The maximum absolute atomic E-state index is 10.9. The molecule has 1 aliphatic carbocycles. The molecule has 0 amide bonds. The number of nitrogens with zero attached hydrogens (tertiary/aromatic N) is 2. The van der Waals surface area contributed by atoms with Crippen LogP contribution in [0.2, 0.25) is 0 Å². The van der Waals surface area contributed by atoms with E-state index in [1.54, 1.807) is 6.92 Å². The molecule has 1 aromatic carbocycles. The second kappa shape index (κ2) is 4.92. The Bertz CT molecular complexity index is 643. The fourth-order valence-corrected chi connectivity index (χ4v) is 2.34. The zero-order valence-corrected chi connectivity index (χ0v) is 11.1. The summed E-state index contributed by atoms with van der Waals surface area (Å²) in [6, 6.07) is 10.6. The van der Waals surface area contributed by atoms with E-state index in [9.17, 15) is 4.79 Å². The highest BCUT2D eigenvalue weighted by Gasteiger charge is 2.38. The van der Waals surface area contributed by atoms with Crippen molar-refractivity contribution in [2.75, 3.05) is 5.32 Å². The van der Waals surface area contributed by atoms with E-state index in [2.05, 4.69) is 27.4 Å². The van der Waals surface area contributed by atoms with Gasteiger partial charge in [0.1, 0.15) is 0 Å². The van der Waals surface area contributed by atoms with Crippen molar-refractivity contribution in [3.8, 4) is 0 Å². The van der Waals surface area contributed by atoms with E-state index in [0.29, 0.717) is 23.6 Å². The molecule has 2 unspecified atom stereocenters. The van der Waals surface area contributed by atoms with E-state index in [0.717, 1.165) is 6.42 Å². The van der Waals surface area contributed by atoms with Gasteiger partial charge in [0.25, 0.3) is 0 Å². The van der Waals surface area contributed by atoms with Gasteiger partial charge in [-0.25, -0.2) is 14.8 Å². The highest BCUT2D eigenvalue weighted by Crippen LogP contribution is 2.42. The predicted molar refractivity (Wildman–Crippen MR) is 74.9 cm³/mol. The van der Waals surface area contributed by atoms with Crippen LogP contribution in [0.4, 0.5) is 5.95 Å². The van der Waals surface area contributed by atoms with Crippen LogP contribution in [0.5, 0.6) is 0 Å². The van der Waals surface area contributed by atoms with Crippen LogP contribution in [0.15, 0.2) is 36.5 Å². The van der Waals surface area contributed by atoms with Crippen LogP contribution in [0.3, 0.4) is 0 Å². The lowest BCUT2D eigenvalue weighted by Crippen LogP contribution is -2.11. The number of aromatic carboxylic acids is 1. The summed E-state index contributed by atoms with van der Waals surface area (Å²) in [4.78, 5) is 19.2. The van der Waals surface area contributed by atoms with E-state index >= 15 is 0 Å². The molecule has 1 aliphatic rings. The van der Waals surface area contributed by atoms with E-state index < -0.39 is 5.97 Å². The molecule has 2 aromatic rings. The number of hydrogen-bond donors (Lipinski definition) is 2. The second-order valence-electron chi connectivity index (χ2n) is 5.00. The summed E-state index contributed by atoms with van der Waals surface area (Å²) in [6.45, 7) is 1.68. The summed E-state index contributed by atoms with van der Waals surface area (Å²) in [5, 5.41) is 12.2. The SMILES string of the molecule is Cc1nc(NC2CC2c2ccccc2)ncc1C(=O)O. The summed E-state index contributed by atoms with van der Waals surface area (Å²) < 4.78 is 0. The minimum atomic E-state index is -0.998. The summed E-state index contributed by atoms with van der Waals surface area (Å²) in [5.41, 5.74) is 1.93. The van der Waals surface area contributed by atoms with Crippen molar-refractivity contribution in [2.24, 2.45) is 0 Å². The van der Waals surface area contributed by atoms with Crippen LogP contribution in [-0.4, -0.2) is 27.1 Å². The van der Waals surface area contributed by atoms with E-state index in [4.69, 9.17) is 5.11 Å². The first-order valence-electron chi connectivity index (χ1n) is 6.53. The molecule has 0 radical (unpaired) electrons. The Morgan fingerprint density at radius 3 is 2.75 bits per heavy atom. The van der Waals surface area contributed by atoms with Gasteiger partial charge in [0.15, 0.2) is 0 Å². The molecule has 2 atom stereocenters. The number of carbonyl (C=O) groups is 1. The number of carboxylic acid groups (broad SMARTS) is 1. The minimum absolute atomic E-state index is 0.144. The van der Waals surface area contributed by atoms with Gasteiger partial charge in [-0.15, -0.1) is 0 Å². The van der Waals surface area contributed by atoms with Crippen molar-refractivity contribution < 1.29 is 9.90 Å². The zero-order chi connectivity index (χ0) is 14.1. The van der Waals surface area contributed by atoms with Gasteiger partial charge in [-0.1, -0.05) is 30.3 Å². The summed E-state index contributed by atoms with van der Waals surface area (Å²) >= 11 is 0. The molecule has 0 aliphatic heterocycles. The number of rotatable bonds is 4. The molecule has 0 saturated heterocycles. The third-order valence-electron chi connectivity index (χ3n) is 3.54. The van der Waals surface area contributed by atoms with Crippen molar-refractivity contribution in [3.63, 3.8) is 0 Å². The lowest BCUT2D eigenvalue weighted by atomic mass is 10.1. The van der Waals surface area contributed by atoms with Crippen molar-refractivity contribution in [3.05, 3.63) is 53.3 Å². The zero-order valence-electron chi connectivity index (χ0n) is 11.1. The maximum Gasteiger partial charge on any atom is 0.339 e. The van der Waals surface area contributed by atoms with E-state index in [1.165, 1.54) is 11.8 Å². The van der Waals surface area contributed by atoms with Gasteiger partial charge in [-0.3, -0.25) is 0 Å². The number of aromatic nitrogens is 2. The molecule has 0 spiro atoms. The third-order valence-corrected chi connectivity index (χ3v) is 3.54. The van der Waals surface area contributed by atoms with Gasteiger partial charge in [0.2, 0.25) is 5.95 Å². The number of nitrogens with one attached hydrogen (secondary N) is 1. The Hall–Kier alpha value is -2.43. The fourth-order valence-electron chi connectivity index (χ4n) is 2.34. The Balaban J connectivity index is 1.68. The summed E-state index contributed by atoms with van der Waals surface area (Å²) in [6.07, 6.45) is 2.40. The predicted octanol–water partition coefficient (Wildman–Crippen LogP) is 2.45. The standard InChI is InChI=1S/C15H15N3O2/c1-9-12(14(19)20)8-16-15(17-9)18-13-7-11(13)10-5-3-2-4-6-10/h2-6,8,11,13H,7H2,1H3,(H,19,20)(H,16,17,18). The van der Waals surface area contributed by atoms with Crippen LogP contribution in [0.1, 0.15) is 34.0 Å². The van der Waals surface area contributed by atoms with Crippen molar-refractivity contribution in [1.29, 1.82) is 0 Å². The highest BCUT2D eigenvalue weighted by atomic mass is 16.4. The quantitative estimate of drug-likeness (QED) is 0.891. The van der Waals surface area contributed by atoms with E-state index in [1.807, 2.05) is 18.2 Å². The van der Waals surface area contributed by atoms with Crippen LogP contribution >= 0.6 is 0 Å². The van der Waals surface area contributed by atoms with Crippen molar-refractivity contribution in [1.82, 2.24) is 9.97 Å². The average molecular weight is 269 g/mol. The summed E-state index contributed by atoms with van der Waals surface area (Å²) in [5.74, 6) is -0.0159. The molecule has 5 nitrogen and oxygen atoms in total. The smallest absolute Gasteiger partial charge is 0.339 e. The second-order valence-corrected chi connectivity index (χ2v) is 5.00. The number of carboxylic acids is 1. The molecular formula is C15H15N3O2. The molecule has 0 bridgehead atoms. The fraction of sp³-hybridized carbons (Fsp3) is 0.267. The monoisotopic (exact) mass is 269 g/mol. The molecule has 102 valence electrons. The number of hydrogen-bond acceptors (Lipinski definition) is 4. The first-order chi connectivity index (χ1) is 9.65. The van der Waals surface area contributed by atoms with Crippen LogP contribution in [0.25, 0.3) is 0 Å². The Kier molecular flexibility index (Phi) is 3.10. The molecule has 20 heavy (non-hydrogen) atoms. The molecule has 1 heterocycles. The summed E-state index contributed by atoms with van der Waals surface area (Å²) in [7, 11) is 0. The van der Waals surface area contributed by atoms with Gasteiger partial charge >= 0.3 is 5.97 Å². The van der Waals surface area contributed by atoms with Crippen molar-refractivity contribution in [2.45, 2.75) is 25.3 Å². The van der Waals surface area contributed by atoms with Crippen LogP contribution < -0.4 is 5.32 Å². The van der Waals surface area contributed by atoms with E-state index in [-0.39, 0.29) is 5.56 Å². The Morgan fingerprint density at radius 1 is 1.35 bits per heavy atom. The number of anilines is 1. The van der Waals surface area contributed by atoms with Gasteiger partial charge in [0, 0.05) is 18.2 Å². The van der Waals surface area contributed by atoms with Gasteiger partial charge in [-0.2, -0.15) is 0 Å². The normalized spacial score (nSPS) is 20.4.